The summed E-state index contributed by atoms with van der Waals surface area (Å²) >= 11 is 0. The molecule has 0 fully saturated rings. The van der Waals surface area contributed by atoms with Crippen LogP contribution >= 0.6 is 0 Å². The maximum absolute atomic E-state index is 5.69. The van der Waals surface area contributed by atoms with E-state index in [1.54, 1.807) is 0 Å². The minimum absolute atomic E-state index is 0.591. The molecule has 3 nitrogen and oxygen atoms in total. The number of nitrogens with zero attached hydrogens (tertiary/aromatic N) is 2. The molecule has 2 N–H and O–H groups in total. The Morgan fingerprint density at radius 3 is 2.48 bits per heavy atom. The first-order chi connectivity index (χ1) is 10.1. The number of fused-ring (bicyclic) bond motifs is 1. The monoisotopic (exact) mass is 279 g/mol. The molecular weight excluding hydrogens is 258 g/mol. The van der Waals surface area contributed by atoms with Gasteiger partial charge in [-0.05, 0) is 60.7 Å². The summed E-state index contributed by atoms with van der Waals surface area (Å²) in [5.74, 6) is 0. The fraction of sp³-hybridized carbons (Fsp3) is 0.278. The summed E-state index contributed by atoms with van der Waals surface area (Å²) in [5, 5.41) is 0. The van der Waals surface area contributed by atoms with Crippen LogP contribution in [0.2, 0.25) is 0 Å². The van der Waals surface area contributed by atoms with Crippen LogP contribution in [0.3, 0.4) is 0 Å². The molecule has 0 saturated heterocycles. The minimum Gasteiger partial charge on any atom is -0.326 e. The van der Waals surface area contributed by atoms with E-state index in [1.807, 2.05) is 6.33 Å². The molecule has 0 spiro atoms. The van der Waals surface area contributed by atoms with E-state index in [0.29, 0.717) is 6.54 Å². The molecule has 0 aliphatic carbocycles. The lowest BCUT2D eigenvalue weighted by molar-refractivity contribution is 0.817. The molecule has 21 heavy (non-hydrogen) atoms. The number of rotatable bonds is 3. The number of imidazole rings is 1. The van der Waals surface area contributed by atoms with E-state index in [4.69, 9.17) is 5.73 Å². The lowest BCUT2D eigenvalue weighted by Crippen LogP contribution is -2.03. The number of hydrogen-bond acceptors (Lipinski definition) is 2. The third kappa shape index (κ3) is 2.57. The maximum atomic E-state index is 5.69. The van der Waals surface area contributed by atoms with Gasteiger partial charge >= 0.3 is 0 Å². The minimum atomic E-state index is 0.591. The number of hydrogen-bond donors (Lipinski definition) is 1. The molecular formula is C18H21N3. The molecule has 1 aromatic heterocycles. The van der Waals surface area contributed by atoms with Crippen molar-refractivity contribution in [2.45, 2.75) is 33.9 Å². The molecule has 108 valence electrons. The van der Waals surface area contributed by atoms with Crippen molar-refractivity contribution in [1.29, 1.82) is 0 Å². The number of benzene rings is 2. The van der Waals surface area contributed by atoms with Gasteiger partial charge in [-0.25, -0.2) is 4.98 Å². The van der Waals surface area contributed by atoms with Crippen molar-refractivity contribution >= 4 is 11.0 Å². The van der Waals surface area contributed by atoms with Gasteiger partial charge in [-0.15, -0.1) is 0 Å². The van der Waals surface area contributed by atoms with Gasteiger partial charge in [-0.2, -0.15) is 0 Å². The van der Waals surface area contributed by atoms with Crippen molar-refractivity contribution in [3.8, 4) is 0 Å². The Morgan fingerprint density at radius 2 is 1.76 bits per heavy atom. The Bertz CT molecular complexity index is 800. The molecule has 1 heterocycles. The van der Waals surface area contributed by atoms with Crippen molar-refractivity contribution in [2.75, 3.05) is 0 Å². The quantitative estimate of drug-likeness (QED) is 0.798. The molecule has 0 aliphatic rings. The third-order valence-electron chi connectivity index (χ3n) is 4.22. The zero-order valence-corrected chi connectivity index (χ0v) is 12.9. The summed E-state index contributed by atoms with van der Waals surface area (Å²) in [4.78, 5) is 4.52. The molecule has 3 heteroatoms. The SMILES string of the molecule is Cc1cc2ncn(Cc3ccc(CN)cc3C)c2cc1C. The molecule has 3 aromatic rings. The maximum Gasteiger partial charge on any atom is 0.0961 e. The van der Waals surface area contributed by atoms with Gasteiger partial charge in [0.15, 0.2) is 0 Å². The normalized spacial score (nSPS) is 11.2. The van der Waals surface area contributed by atoms with Crippen LogP contribution < -0.4 is 5.73 Å². The highest BCUT2D eigenvalue weighted by atomic mass is 15.0. The van der Waals surface area contributed by atoms with Crippen molar-refractivity contribution in [3.63, 3.8) is 0 Å². The number of aromatic nitrogens is 2. The van der Waals surface area contributed by atoms with Gasteiger partial charge in [0.25, 0.3) is 0 Å². The van der Waals surface area contributed by atoms with Gasteiger partial charge < -0.3 is 10.3 Å². The van der Waals surface area contributed by atoms with Crippen LogP contribution in [0, 0.1) is 20.8 Å². The second-order valence-corrected chi connectivity index (χ2v) is 5.76. The van der Waals surface area contributed by atoms with Crippen LogP contribution in [0.5, 0.6) is 0 Å². The van der Waals surface area contributed by atoms with Crippen LogP contribution in [-0.4, -0.2) is 9.55 Å². The first-order valence-electron chi connectivity index (χ1n) is 7.29. The van der Waals surface area contributed by atoms with Gasteiger partial charge in [0.2, 0.25) is 0 Å². The Balaban J connectivity index is 2.00. The second-order valence-electron chi connectivity index (χ2n) is 5.76. The molecule has 3 rings (SSSR count). The average molecular weight is 279 g/mol. The highest BCUT2D eigenvalue weighted by Gasteiger charge is 2.07. The lowest BCUT2D eigenvalue weighted by Gasteiger charge is -2.10. The lowest BCUT2D eigenvalue weighted by atomic mass is 10.0. The third-order valence-corrected chi connectivity index (χ3v) is 4.22. The van der Waals surface area contributed by atoms with Gasteiger partial charge in [0, 0.05) is 13.1 Å². The topological polar surface area (TPSA) is 43.8 Å². The van der Waals surface area contributed by atoms with Crippen LogP contribution in [0.15, 0.2) is 36.7 Å². The molecule has 0 radical (unpaired) electrons. The van der Waals surface area contributed by atoms with Crippen LogP contribution in [0.4, 0.5) is 0 Å². The Hall–Kier alpha value is -2.13. The first-order valence-corrected chi connectivity index (χ1v) is 7.29. The van der Waals surface area contributed by atoms with E-state index in [0.717, 1.165) is 12.1 Å². The summed E-state index contributed by atoms with van der Waals surface area (Å²) < 4.78 is 2.21. The molecule has 0 aliphatic heterocycles. The molecule has 2 aromatic carbocycles. The van der Waals surface area contributed by atoms with E-state index >= 15 is 0 Å². The number of nitrogens with two attached hydrogens (primary N) is 1. The van der Waals surface area contributed by atoms with Crippen LogP contribution in [0.25, 0.3) is 11.0 Å². The standard InChI is InChI=1S/C18H21N3/c1-12-7-17-18(8-13(12)2)21(11-20-17)10-16-5-4-15(9-19)6-14(16)3/h4-8,11H,9-10,19H2,1-3H3. The molecule has 0 bridgehead atoms. The summed E-state index contributed by atoms with van der Waals surface area (Å²) in [6.07, 6.45) is 1.93. The van der Waals surface area contributed by atoms with Gasteiger partial charge in [0.05, 0.1) is 17.4 Å². The van der Waals surface area contributed by atoms with Crippen LogP contribution in [-0.2, 0) is 13.1 Å². The van der Waals surface area contributed by atoms with E-state index in [1.165, 1.54) is 33.3 Å². The van der Waals surface area contributed by atoms with E-state index in [2.05, 4.69) is 60.7 Å². The largest absolute Gasteiger partial charge is 0.326 e. The van der Waals surface area contributed by atoms with E-state index < -0.39 is 0 Å². The zero-order chi connectivity index (χ0) is 15.0. The average Bonchev–Trinajstić information content (AvgIpc) is 2.84. The second kappa shape index (κ2) is 5.34. The first kappa shape index (κ1) is 13.8. The summed E-state index contributed by atoms with van der Waals surface area (Å²) in [7, 11) is 0. The summed E-state index contributed by atoms with van der Waals surface area (Å²) in [6, 6.07) is 10.8. The van der Waals surface area contributed by atoms with Gasteiger partial charge in [0.1, 0.15) is 0 Å². The predicted octanol–water partition coefficient (Wildman–Crippen LogP) is 3.47. The predicted molar refractivity (Wildman–Crippen MR) is 87.4 cm³/mol. The summed E-state index contributed by atoms with van der Waals surface area (Å²) in [5.41, 5.74) is 14.3. The molecule has 0 saturated carbocycles. The summed E-state index contributed by atoms with van der Waals surface area (Å²) in [6.45, 7) is 7.85. The van der Waals surface area contributed by atoms with Crippen molar-refractivity contribution in [1.82, 2.24) is 9.55 Å². The molecule has 0 atom stereocenters. The van der Waals surface area contributed by atoms with Crippen molar-refractivity contribution < 1.29 is 0 Å². The fourth-order valence-electron chi connectivity index (χ4n) is 2.69. The van der Waals surface area contributed by atoms with Crippen molar-refractivity contribution in [3.05, 3.63) is 64.5 Å². The highest BCUT2D eigenvalue weighted by Crippen LogP contribution is 2.20. The Labute approximate surface area is 125 Å². The van der Waals surface area contributed by atoms with Crippen LogP contribution in [0.1, 0.15) is 27.8 Å². The Morgan fingerprint density at radius 1 is 1.00 bits per heavy atom. The van der Waals surface area contributed by atoms with Gasteiger partial charge in [-0.3, -0.25) is 0 Å². The van der Waals surface area contributed by atoms with E-state index in [-0.39, 0.29) is 0 Å². The zero-order valence-electron chi connectivity index (χ0n) is 12.9. The number of aryl methyl sites for hydroxylation is 3. The molecule has 0 unspecified atom stereocenters. The van der Waals surface area contributed by atoms with Gasteiger partial charge in [-0.1, -0.05) is 18.2 Å². The highest BCUT2D eigenvalue weighted by molar-refractivity contribution is 5.77. The fourth-order valence-corrected chi connectivity index (χ4v) is 2.69. The van der Waals surface area contributed by atoms with Crippen molar-refractivity contribution in [2.24, 2.45) is 5.73 Å². The smallest absolute Gasteiger partial charge is 0.0961 e. The van der Waals surface area contributed by atoms with E-state index in [9.17, 15) is 0 Å². The molecule has 0 amide bonds. The Kier molecular flexibility index (Phi) is 3.52.